The zero-order valence-corrected chi connectivity index (χ0v) is 35.7. The molecular weight excluding hydrogens is 891 g/mol. The number of phosphoric acid groups is 3. The predicted molar refractivity (Wildman–Crippen MR) is 204 cm³/mol. The van der Waals surface area contributed by atoms with E-state index in [1.807, 2.05) is 0 Å². The highest BCUT2D eigenvalue weighted by Gasteiger charge is 2.57. The molecule has 0 spiro atoms. The molecule has 1 aliphatic heterocycles. The molecule has 31 heteroatoms. The number of hydrogen-bond donors (Lipinski definition) is 11. The van der Waals surface area contributed by atoms with Crippen LogP contribution in [0.4, 0.5) is 5.82 Å². The van der Waals surface area contributed by atoms with Gasteiger partial charge in [-0.05, 0) is 19.8 Å². The van der Waals surface area contributed by atoms with Crippen molar-refractivity contribution in [2.24, 2.45) is 5.41 Å². The molecule has 2 aromatic heterocycles. The molecule has 0 radical (unpaired) electrons. The molecule has 1 aliphatic rings. The minimum absolute atomic E-state index is 0.00534. The summed E-state index contributed by atoms with van der Waals surface area (Å²) in [6.07, 6.45) is -6.62. The molecule has 8 atom stereocenters. The number of nitrogens with one attached hydrogen (secondary N) is 2. The number of nitrogens with zero attached hydrogens (tertiary/aromatic N) is 4. The number of fused-ring (bicyclic) bond motifs is 1. The Morgan fingerprint density at radius 3 is 2.35 bits per heavy atom. The van der Waals surface area contributed by atoms with E-state index in [1.54, 1.807) is 0 Å². The van der Waals surface area contributed by atoms with Crippen molar-refractivity contribution in [3.05, 3.63) is 12.7 Å². The number of carbonyl (C=O) groups is 4. The summed E-state index contributed by atoms with van der Waals surface area (Å²) in [4.78, 5) is 98.5. The van der Waals surface area contributed by atoms with E-state index in [4.69, 9.17) is 29.1 Å². The highest BCUT2D eigenvalue weighted by molar-refractivity contribution is 8.13. The molecule has 27 nitrogen and oxygen atoms in total. The van der Waals surface area contributed by atoms with Gasteiger partial charge in [0.1, 0.15) is 36.3 Å². The standard InChI is InChI=1S/C29H48N7O20P3S/c1-28(2,24(43)27(44)32-8-7-18(38)31-9-10-60-20(41)11-16(37)5-4-6-19(39)40)13-53-59(50,51)56-58(48,49)52-12-17-22(55-57(45,46)47)23(42)29(3,54-17)36-15-35-21-25(30)33-14-34-26(21)36/h14-17,22-24,37,42-43H,4-13H2,1-3H3,(H,31,38)(H,32,44)(H,39,40)(H,48,49)(H,50,51)(H2,30,33,34)(H2,45,46,47). The quantitative estimate of drug-likeness (QED) is 0.0413. The molecule has 0 aliphatic carbocycles. The zero-order chi connectivity index (χ0) is 45.3. The Hall–Kier alpha value is -3.01. The largest absolute Gasteiger partial charge is 0.481 e. The number of carboxylic acid groups (broad SMARTS) is 1. The number of aromatic nitrogens is 4. The van der Waals surface area contributed by atoms with Gasteiger partial charge in [0.25, 0.3) is 0 Å². The number of aliphatic hydroxyl groups is 3. The second-order valence-corrected chi connectivity index (χ2v) is 19.4. The van der Waals surface area contributed by atoms with Crippen LogP contribution in [0.3, 0.4) is 0 Å². The van der Waals surface area contributed by atoms with E-state index in [2.05, 4.69) is 29.9 Å². The van der Waals surface area contributed by atoms with E-state index in [0.29, 0.717) is 0 Å². The Kier molecular flexibility index (Phi) is 18.3. The third kappa shape index (κ3) is 15.4. The van der Waals surface area contributed by atoms with Crippen LogP contribution < -0.4 is 16.4 Å². The lowest BCUT2D eigenvalue weighted by molar-refractivity contribution is -0.138. The van der Waals surface area contributed by atoms with Crippen molar-refractivity contribution in [3.8, 4) is 0 Å². The molecule has 340 valence electrons. The highest BCUT2D eigenvalue weighted by Crippen LogP contribution is 2.61. The van der Waals surface area contributed by atoms with Crippen LogP contribution in [0.1, 0.15) is 52.9 Å². The van der Waals surface area contributed by atoms with Crippen LogP contribution in [0.5, 0.6) is 0 Å². The fourth-order valence-corrected chi connectivity index (χ4v) is 9.01. The number of rotatable bonds is 25. The summed E-state index contributed by atoms with van der Waals surface area (Å²) in [6, 6.07) is 0. The molecule has 0 saturated carbocycles. The first-order valence-electron chi connectivity index (χ1n) is 17.6. The van der Waals surface area contributed by atoms with Crippen molar-refractivity contribution in [2.45, 2.75) is 89.1 Å². The lowest BCUT2D eigenvalue weighted by atomic mass is 9.87. The van der Waals surface area contributed by atoms with E-state index in [1.165, 1.54) is 20.8 Å². The summed E-state index contributed by atoms with van der Waals surface area (Å²) in [5.74, 6) is -2.45. The summed E-state index contributed by atoms with van der Waals surface area (Å²) >= 11 is 0.862. The summed E-state index contributed by atoms with van der Waals surface area (Å²) in [6.45, 7) is 1.39. The Bertz CT molecular complexity index is 1990. The van der Waals surface area contributed by atoms with E-state index in [-0.39, 0.29) is 73.0 Å². The van der Waals surface area contributed by atoms with Gasteiger partial charge in [-0.3, -0.25) is 37.3 Å². The molecule has 0 bridgehead atoms. The lowest BCUT2D eigenvalue weighted by Gasteiger charge is -2.30. The van der Waals surface area contributed by atoms with Gasteiger partial charge in [0.2, 0.25) is 11.8 Å². The molecule has 60 heavy (non-hydrogen) atoms. The number of imidazole rings is 1. The molecule has 1 fully saturated rings. The van der Waals surface area contributed by atoms with Crippen molar-refractivity contribution >= 4 is 75.1 Å². The average Bonchev–Trinajstić information content (AvgIpc) is 3.67. The number of hydrogen-bond acceptors (Lipinski definition) is 20. The Labute approximate surface area is 345 Å². The molecule has 3 rings (SSSR count). The molecule has 12 N–H and O–H groups in total. The minimum Gasteiger partial charge on any atom is -0.481 e. The Balaban J connectivity index is 1.46. The average molecular weight is 940 g/mol. The maximum Gasteiger partial charge on any atom is 0.481 e. The van der Waals surface area contributed by atoms with Gasteiger partial charge >= 0.3 is 29.4 Å². The smallest absolute Gasteiger partial charge is 0.481 e. The van der Waals surface area contributed by atoms with Gasteiger partial charge in [0, 0.05) is 43.5 Å². The van der Waals surface area contributed by atoms with Crippen LogP contribution in [-0.2, 0) is 61.2 Å². The number of aliphatic carboxylic acids is 1. The Morgan fingerprint density at radius 2 is 1.70 bits per heavy atom. The van der Waals surface area contributed by atoms with Crippen LogP contribution in [0.2, 0.25) is 0 Å². The van der Waals surface area contributed by atoms with Crippen molar-refractivity contribution in [1.29, 1.82) is 0 Å². The topological polar surface area (TPSA) is 421 Å². The molecule has 3 heterocycles. The second kappa shape index (κ2) is 21.4. The fourth-order valence-electron chi connectivity index (χ4n) is 5.45. The summed E-state index contributed by atoms with van der Waals surface area (Å²) in [5.41, 5.74) is 2.21. The number of nitrogen functional groups attached to an aromatic ring is 1. The van der Waals surface area contributed by atoms with Crippen molar-refractivity contribution < 1.29 is 95.5 Å². The van der Waals surface area contributed by atoms with Crippen LogP contribution in [0.15, 0.2) is 12.7 Å². The van der Waals surface area contributed by atoms with Gasteiger partial charge in [0.05, 0.1) is 25.6 Å². The maximum atomic E-state index is 12.8. The molecule has 1 saturated heterocycles. The number of phosphoric ester groups is 3. The van der Waals surface area contributed by atoms with Crippen LogP contribution in [0.25, 0.3) is 11.2 Å². The first kappa shape index (κ1) is 51.3. The first-order valence-corrected chi connectivity index (χ1v) is 23.1. The molecule has 2 aromatic rings. The first-order chi connectivity index (χ1) is 27.7. The third-order valence-corrected chi connectivity index (χ3v) is 12.6. The number of aliphatic hydroxyl groups excluding tert-OH is 3. The fraction of sp³-hybridized carbons (Fsp3) is 0.690. The number of carboxylic acids is 1. The minimum atomic E-state index is -5.62. The zero-order valence-electron chi connectivity index (χ0n) is 32.2. The predicted octanol–water partition coefficient (Wildman–Crippen LogP) is -1.16. The monoisotopic (exact) mass is 939 g/mol. The number of anilines is 1. The Morgan fingerprint density at radius 1 is 1.03 bits per heavy atom. The van der Waals surface area contributed by atoms with Gasteiger partial charge < -0.3 is 61.1 Å². The number of amides is 2. The molecule has 2 amide bonds. The number of ether oxygens (including phenoxy) is 1. The van der Waals surface area contributed by atoms with Gasteiger partial charge in [-0.15, -0.1) is 0 Å². The second-order valence-electron chi connectivity index (χ2n) is 14.0. The van der Waals surface area contributed by atoms with Crippen LogP contribution in [-0.4, -0.2) is 145 Å². The van der Waals surface area contributed by atoms with Gasteiger partial charge in [0.15, 0.2) is 22.3 Å². The number of carbonyl (C=O) groups excluding carboxylic acids is 3. The number of nitrogens with two attached hydrogens (primary N) is 1. The molecule has 0 aromatic carbocycles. The van der Waals surface area contributed by atoms with E-state index >= 15 is 0 Å². The normalized spacial score (nSPS) is 22.7. The number of thioether (sulfide) groups is 1. The van der Waals surface area contributed by atoms with Crippen molar-refractivity contribution in [1.82, 2.24) is 30.2 Å². The van der Waals surface area contributed by atoms with Crippen molar-refractivity contribution in [3.63, 3.8) is 0 Å². The van der Waals surface area contributed by atoms with Gasteiger partial charge in [-0.25, -0.2) is 28.6 Å². The summed E-state index contributed by atoms with van der Waals surface area (Å²) < 4.78 is 62.6. The van der Waals surface area contributed by atoms with Gasteiger partial charge in [-0.1, -0.05) is 25.6 Å². The lowest BCUT2D eigenvalue weighted by Crippen LogP contribution is -2.46. The summed E-state index contributed by atoms with van der Waals surface area (Å²) in [5, 5.41) is 44.6. The SMILES string of the molecule is CC(C)(COP(=O)(O)OP(=O)(O)OCC1OC(C)(n2cnc3c(N)ncnc32)C(O)C1OP(=O)(O)O)C(O)C(=O)NCCC(=O)NCCSC(=O)CC(O)CCCC(=O)O. The van der Waals surface area contributed by atoms with Crippen molar-refractivity contribution in [2.75, 3.05) is 37.8 Å². The molecule has 8 unspecified atom stereocenters. The molecular formula is C29H48N7O20P3S. The van der Waals surface area contributed by atoms with E-state index in [0.717, 1.165) is 29.0 Å². The maximum absolute atomic E-state index is 12.8. The highest BCUT2D eigenvalue weighted by atomic mass is 32.2. The van der Waals surface area contributed by atoms with Gasteiger partial charge in [-0.2, -0.15) is 4.31 Å². The van der Waals surface area contributed by atoms with Crippen LogP contribution in [0, 0.1) is 5.41 Å². The van der Waals surface area contributed by atoms with Crippen LogP contribution >= 0.6 is 35.2 Å². The summed E-state index contributed by atoms with van der Waals surface area (Å²) in [7, 11) is -16.5. The third-order valence-electron chi connectivity index (χ3n) is 8.58. The van der Waals surface area contributed by atoms with E-state index < -0.39 is 96.1 Å². The van der Waals surface area contributed by atoms with E-state index in [9.17, 15) is 67.8 Å².